The van der Waals surface area contributed by atoms with E-state index in [4.69, 9.17) is 4.98 Å². The van der Waals surface area contributed by atoms with Gasteiger partial charge in [-0.25, -0.2) is 0 Å². The summed E-state index contributed by atoms with van der Waals surface area (Å²) < 4.78 is 55.8. The van der Waals surface area contributed by atoms with E-state index in [2.05, 4.69) is 39.1 Å². The van der Waals surface area contributed by atoms with E-state index in [-0.39, 0.29) is 61.2 Å². The molecule has 2 saturated heterocycles. The summed E-state index contributed by atoms with van der Waals surface area (Å²) in [5.41, 5.74) is 1.77. The summed E-state index contributed by atoms with van der Waals surface area (Å²) in [5.74, 6) is -0.502. The zero-order valence-electron chi connectivity index (χ0n) is 21.0. The Morgan fingerprint density at radius 3 is 2.59 bits per heavy atom. The van der Waals surface area contributed by atoms with Gasteiger partial charge in [0.05, 0.1) is 0 Å². The molecule has 2 atom stereocenters. The van der Waals surface area contributed by atoms with Crippen molar-refractivity contribution in [1.29, 1.82) is 0 Å². The molecule has 2 bridgehead atoms. The van der Waals surface area contributed by atoms with Crippen molar-refractivity contribution in [2.45, 2.75) is 31.1 Å². The maximum atomic E-state index is 14.6. The molecule has 0 radical (unpaired) electrons. The standard InChI is InChI=1S/C26H23F2IN7O2S/c1-25(2)16-9-29-12-26(25,22-15(16)8-19(33-34-22)21-17(27)4-3-5-18(21)28)20-6-7-30-24(32-20)36-13-31-23(35-36)14-10-39(37,38)11-14/h3-8,13-14,16H,9-12H2,1-2H3/q-1/t16-,26-/m0/s1. The molecule has 0 saturated carbocycles. The molecule has 39 heavy (non-hydrogen) atoms. The molecule has 3 aliphatic rings. The van der Waals surface area contributed by atoms with Gasteiger partial charge in [0.1, 0.15) is 0 Å². The SMILES string of the molecule is CC1(C)[C@H]2C[I-]C[C@]1(c1ccnc(-n3cnc(C4CS(=O)(=O)C4)n3)n1)c1nnc(-c3c(F)cccc3F)cc12. The van der Waals surface area contributed by atoms with Crippen LogP contribution in [0.5, 0.6) is 0 Å². The van der Waals surface area contributed by atoms with Crippen LogP contribution in [0.25, 0.3) is 17.2 Å². The minimum absolute atomic E-state index is 0.0501. The Morgan fingerprint density at radius 2 is 1.85 bits per heavy atom. The number of halogens is 3. The Bertz CT molecular complexity index is 1730. The first kappa shape index (κ1) is 25.1. The van der Waals surface area contributed by atoms with Crippen LogP contribution < -0.4 is 21.2 Å². The van der Waals surface area contributed by atoms with E-state index in [9.17, 15) is 17.2 Å². The third-order valence-electron chi connectivity index (χ3n) is 8.42. The van der Waals surface area contributed by atoms with E-state index in [0.717, 1.165) is 25.8 Å². The minimum atomic E-state index is -3.00. The van der Waals surface area contributed by atoms with Crippen molar-refractivity contribution in [3.05, 3.63) is 77.3 Å². The number of rotatable bonds is 4. The van der Waals surface area contributed by atoms with Gasteiger partial charge < -0.3 is 0 Å². The molecule has 7 rings (SSSR count). The molecule has 3 aromatic heterocycles. The second-order valence-electron chi connectivity index (χ2n) is 10.8. The van der Waals surface area contributed by atoms with Gasteiger partial charge in [-0.1, -0.05) is 0 Å². The van der Waals surface area contributed by atoms with E-state index in [1.807, 2.05) is 12.1 Å². The first-order valence-corrected chi connectivity index (χ1v) is 17.3. The van der Waals surface area contributed by atoms with E-state index < -0.39 is 26.9 Å². The topological polar surface area (TPSA) is 116 Å². The van der Waals surface area contributed by atoms with Gasteiger partial charge >= 0.3 is 235 Å². The van der Waals surface area contributed by atoms with Crippen molar-refractivity contribution < 1.29 is 38.4 Å². The summed E-state index contributed by atoms with van der Waals surface area (Å²) in [6.45, 7) is 4.41. The summed E-state index contributed by atoms with van der Waals surface area (Å²) in [7, 11) is -3.00. The normalized spacial score (nSPS) is 25.0. The molecule has 0 amide bonds. The van der Waals surface area contributed by atoms with Crippen LogP contribution in [0.3, 0.4) is 0 Å². The third kappa shape index (κ3) is 3.61. The van der Waals surface area contributed by atoms with Gasteiger partial charge in [-0.05, 0) is 0 Å². The van der Waals surface area contributed by atoms with Crippen LogP contribution in [0.4, 0.5) is 8.78 Å². The zero-order chi connectivity index (χ0) is 27.2. The second-order valence-corrected chi connectivity index (χ2v) is 15.7. The molecule has 2 aliphatic heterocycles. The molecular weight excluding hydrogens is 639 g/mol. The number of benzene rings is 1. The van der Waals surface area contributed by atoms with Crippen molar-refractivity contribution >= 4 is 9.84 Å². The van der Waals surface area contributed by atoms with Gasteiger partial charge in [0, 0.05) is 0 Å². The van der Waals surface area contributed by atoms with Crippen molar-refractivity contribution in [3.8, 4) is 17.2 Å². The Morgan fingerprint density at radius 1 is 1.08 bits per heavy atom. The summed E-state index contributed by atoms with van der Waals surface area (Å²) in [5, 5.41) is 13.5. The van der Waals surface area contributed by atoms with E-state index in [1.54, 1.807) is 6.20 Å². The summed E-state index contributed by atoms with van der Waals surface area (Å²) in [6.07, 6.45) is 3.20. The van der Waals surface area contributed by atoms with Crippen molar-refractivity contribution in [1.82, 2.24) is 34.9 Å². The summed E-state index contributed by atoms with van der Waals surface area (Å²) in [6, 6.07) is 7.50. The maximum absolute atomic E-state index is 14.6. The van der Waals surface area contributed by atoms with Crippen LogP contribution in [0.2, 0.25) is 0 Å². The average molecular weight is 662 g/mol. The molecule has 9 nitrogen and oxygen atoms in total. The molecule has 1 aromatic carbocycles. The van der Waals surface area contributed by atoms with Gasteiger partial charge in [0.15, 0.2) is 0 Å². The Hall–Kier alpha value is -2.94. The molecule has 0 unspecified atom stereocenters. The van der Waals surface area contributed by atoms with Gasteiger partial charge in [-0.3, -0.25) is 0 Å². The number of nitrogens with zero attached hydrogens (tertiary/aromatic N) is 7. The fourth-order valence-corrected chi connectivity index (χ4v) is 12.6. The Labute approximate surface area is 233 Å². The average Bonchev–Trinajstić information content (AvgIpc) is 3.37. The Balaban J connectivity index is 1.32. The Kier molecular flexibility index (Phi) is 5.48. The monoisotopic (exact) mass is 662 g/mol. The number of hydrogen-bond acceptors (Lipinski definition) is 8. The molecule has 5 heterocycles. The molecule has 4 aromatic rings. The van der Waals surface area contributed by atoms with E-state index in [0.29, 0.717) is 11.8 Å². The number of alkyl halides is 2. The first-order chi connectivity index (χ1) is 18.6. The fourth-order valence-electron chi connectivity index (χ4n) is 6.17. The zero-order valence-corrected chi connectivity index (χ0v) is 24.0. The van der Waals surface area contributed by atoms with Crippen LogP contribution >= 0.6 is 0 Å². The van der Waals surface area contributed by atoms with Gasteiger partial charge in [-0.2, -0.15) is 0 Å². The number of sulfone groups is 1. The predicted molar refractivity (Wildman–Crippen MR) is 133 cm³/mol. The van der Waals surface area contributed by atoms with Crippen LogP contribution in [0, 0.1) is 17.0 Å². The van der Waals surface area contributed by atoms with Gasteiger partial charge in [0.2, 0.25) is 0 Å². The second kappa shape index (κ2) is 8.53. The van der Waals surface area contributed by atoms with Crippen LogP contribution in [0.15, 0.2) is 42.9 Å². The molecule has 1 aliphatic carbocycles. The van der Waals surface area contributed by atoms with E-state index in [1.165, 1.54) is 29.2 Å². The molecule has 13 heteroatoms. The molecule has 202 valence electrons. The molecular formula is C26H23F2IN7O2S-. The van der Waals surface area contributed by atoms with Crippen molar-refractivity contribution in [3.63, 3.8) is 0 Å². The predicted octanol–water partition coefficient (Wildman–Crippen LogP) is -0.183. The molecule has 2 fully saturated rings. The third-order valence-corrected chi connectivity index (χ3v) is 13.4. The number of fused-ring (bicyclic) bond motifs is 5. The van der Waals surface area contributed by atoms with Gasteiger partial charge in [0.25, 0.3) is 0 Å². The van der Waals surface area contributed by atoms with Crippen molar-refractivity contribution in [2.24, 2.45) is 5.41 Å². The van der Waals surface area contributed by atoms with E-state index >= 15 is 0 Å². The molecule has 0 N–H and O–H groups in total. The summed E-state index contributed by atoms with van der Waals surface area (Å²) >= 11 is -0.206. The quantitative estimate of drug-likeness (QED) is 0.219. The van der Waals surface area contributed by atoms with Crippen LogP contribution in [-0.4, -0.2) is 63.7 Å². The van der Waals surface area contributed by atoms with Crippen LogP contribution in [0.1, 0.15) is 48.5 Å². The van der Waals surface area contributed by atoms with Gasteiger partial charge in [-0.15, -0.1) is 0 Å². The number of hydrogen-bond donors (Lipinski definition) is 0. The first-order valence-electron chi connectivity index (χ1n) is 12.4. The fraction of sp³-hybridized carbons (Fsp3) is 0.385. The van der Waals surface area contributed by atoms with Crippen molar-refractivity contribution in [2.75, 3.05) is 20.4 Å². The molecule has 0 spiro atoms. The number of aromatic nitrogens is 7. The van der Waals surface area contributed by atoms with Crippen LogP contribution in [-0.2, 0) is 15.3 Å². The summed E-state index contributed by atoms with van der Waals surface area (Å²) in [4.78, 5) is 13.7.